The molecule has 10 heteroatoms. The Bertz CT molecular complexity index is 1590. The molecule has 0 atom stereocenters. The summed E-state index contributed by atoms with van der Waals surface area (Å²) in [5.41, 5.74) is 3.48. The van der Waals surface area contributed by atoms with Gasteiger partial charge in [0.05, 0.1) is 22.2 Å². The van der Waals surface area contributed by atoms with E-state index in [4.69, 9.17) is 4.74 Å². The number of hydrogen-bond donors (Lipinski definition) is 1. The molecular weight excluding hydrogens is 458 g/mol. The van der Waals surface area contributed by atoms with Gasteiger partial charge in [-0.25, -0.2) is 13.4 Å². The molecule has 8 nitrogen and oxygen atoms in total. The molecule has 2 aromatic carbocycles. The Morgan fingerprint density at radius 1 is 1.09 bits per heavy atom. The van der Waals surface area contributed by atoms with Crippen molar-refractivity contribution in [3.8, 4) is 5.75 Å². The quantitative estimate of drug-likeness (QED) is 0.385. The monoisotopic (exact) mass is 479 g/mol. The number of thiophene rings is 1. The number of ether oxygens (including phenoxy) is 1. The van der Waals surface area contributed by atoms with Crippen LogP contribution in [0.4, 0.5) is 5.82 Å². The maximum Gasteiger partial charge on any atom is 0.229 e. The van der Waals surface area contributed by atoms with E-state index in [2.05, 4.69) is 20.6 Å². The fourth-order valence-electron chi connectivity index (χ4n) is 3.65. The molecule has 1 N–H and O–H groups in total. The van der Waals surface area contributed by atoms with Crippen LogP contribution in [-0.2, 0) is 16.4 Å². The molecule has 5 rings (SSSR count). The van der Waals surface area contributed by atoms with E-state index in [1.807, 2.05) is 48.7 Å². The van der Waals surface area contributed by atoms with Crippen molar-refractivity contribution in [1.82, 2.24) is 19.8 Å². The second-order valence-corrected chi connectivity index (χ2v) is 10.4. The van der Waals surface area contributed by atoms with Crippen LogP contribution in [0, 0.1) is 13.8 Å². The SMILES string of the molecule is COc1ccc(CNc2nc3c(S(=O)(=O)c4cc(C)ccc4C)nnn3c3ccsc23)cc1. The second-order valence-electron chi connectivity index (χ2n) is 7.70. The zero-order chi connectivity index (χ0) is 23.2. The van der Waals surface area contributed by atoms with E-state index >= 15 is 0 Å². The number of sulfone groups is 1. The predicted molar refractivity (Wildman–Crippen MR) is 128 cm³/mol. The van der Waals surface area contributed by atoms with E-state index in [0.717, 1.165) is 27.1 Å². The molecule has 0 radical (unpaired) electrons. The predicted octanol–water partition coefficient (Wildman–Crippen LogP) is 4.41. The number of methoxy groups -OCH3 is 1. The smallest absolute Gasteiger partial charge is 0.229 e. The average Bonchev–Trinajstić information content (AvgIpc) is 3.46. The van der Waals surface area contributed by atoms with Gasteiger partial charge in [0.25, 0.3) is 0 Å². The van der Waals surface area contributed by atoms with Crippen LogP contribution in [0.3, 0.4) is 0 Å². The standard InChI is InChI=1S/C23H21N5O3S2/c1-14-4-5-15(2)19(12-14)33(29,30)23-22-25-21(20-18(10-11-32-20)28(22)27-26-23)24-13-16-6-8-17(31-3)9-7-16/h4-12H,13H2,1-3H3,(H,24,25). The summed E-state index contributed by atoms with van der Waals surface area (Å²) in [7, 11) is -2.29. The molecule has 3 heterocycles. The highest BCUT2D eigenvalue weighted by Gasteiger charge is 2.28. The summed E-state index contributed by atoms with van der Waals surface area (Å²) in [6.07, 6.45) is 0. The molecule has 0 saturated carbocycles. The highest BCUT2D eigenvalue weighted by Crippen LogP contribution is 2.32. The number of aromatic nitrogens is 4. The number of anilines is 1. The number of benzene rings is 2. The summed E-state index contributed by atoms with van der Waals surface area (Å²) in [5.74, 6) is 1.37. The van der Waals surface area contributed by atoms with Gasteiger partial charge in [0, 0.05) is 6.54 Å². The lowest BCUT2D eigenvalue weighted by atomic mass is 10.2. The molecule has 0 amide bonds. The molecule has 5 aromatic rings. The van der Waals surface area contributed by atoms with Gasteiger partial charge in [-0.05, 0) is 60.2 Å². The lowest BCUT2D eigenvalue weighted by Crippen LogP contribution is -2.08. The zero-order valence-electron chi connectivity index (χ0n) is 18.2. The molecule has 0 saturated heterocycles. The van der Waals surface area contributed by atoms with Crippen molar-refractivity contribution in [3.05, 3.63) is 70.6 Å². The summed E-state index contributed by atoms with van der Waals surface area (Å²) in [4.78, 5) is 4.87. The van der Waals surface area contributed by atoms with Gasteiger partial charge in [-0.1, -0.05) is 29.5 Å². The van der Waals surface area contributed by atoms with Crippen LogP contribution in [0.2, 0.25) is 0 Å². The first-order valence-corrected chi connectivity index (χ1v) is 12.6. The third kappa shape index (κ3) is 3.70. The van der Waals surface area contributed by atoms with Crippen molar-refractivity contribution in [3.63, 3.8) is 0 Å². The summed E-state index contributed by atoms with van der Waals surface area (Å²) < 4.78 is 34.6. The Kier molecular flexibility index (Phi) is 5.26. The second kappa shape index (κ2) is 8.13. The lowest BCUT2D eigenvalue weighted by Gasteiger charge is -2.10. The number of fused-ring (bicyclic) bond motifs is 3. The van der Waals surface area contributed by atoms with Gasteiger partial charge in [-0.3, -0.25) is 0 Å². The molecular formula is C23H21N5O3S2. The number of hydrogen-bond acceptors (Lipinski definition) is 8. The number of aryl methyl sites for hydroxylation is 2. The molecule has 3 aromatic heterocycles. The van der Waals surface area contributed by atoms with Crippen molar-refractivity contribution in [2.75, 3.05) is 12.4 Å². The third-order valence-corrected chi connectivity index (χ3v) is 8.13. The first-order valence-electron chi connectivity index (χ1n) is 10.2. The highest BCUT2D eigenvalue weighted by atomic mass is 32.2. The van der Waals surface area contributed by atoms with Gasteiger partial charge in [0.2, 0.25) is 14.9 Å². The van der Waals surface area contributed by atoms with Crippen LogP contribution in [0.1, 0.15) is 16.7 Å². The molecule has 0 spiro atoms. The molecule has 0 bridgehead atoms. The van der Waals surface area contributed by atoms with Gasteiger partial charge in [-0.15, -0.1) is 16.4 Å². The van der Waals surface area contributed by atoms with Gasteiger partial charge in [0.15, 0.2) is 5.65 Å². The van der Waals surface area contributed by atoms with E-state index in [1.54, 1.807) is 26.2 Å². The number of rotatable bonds is 6. The Morgan fingerprint density at radius 2 is 1.88 bits per heavy atom. The molecule has 168 valence electrons. The minimum Gasteiger partial charge on any atom is -0.497 e. The highest BCUT2D eigenvalue weighted by molar-refractivity contribution is 7.91. The van der Waals surface area contributed by atoms with Crippen LogP contribution in [0.25, 0.3) is 15.9 Å². The van der Waals surface area contributed by atoms with E-state index in [1.165, 1.54) is 15.9 Å². The normalized spacial score (nSPS) is 11.8. The first-order chi connectivity index (χ1) is 15.9. The minimum absolute atomic E-state index is 0.156. The van der Waals surface area contributed by atoms with E-state index in [9.17, 15) is 8.42 Å². The van der Waals surface area contributed by atoms with E-state index in [-0.39, 0.29) is 15.6 Å². The lowest BCUT2D eigenvalue weighted by molar-refractivity contribution is 0.414. The van der Waals surface area contributed by atoms with Gasteiger partial charge in [-0.2, -0.15) is 4.52 Å². The van der Waals surface area contributed by atoms with Crippen molar-refractivity contribution >= 4 is 42.9 Å². The van der Waals surface area contributed by atoms with Crippen molar-refractivity contribution in [1.29, 1.82) is 0 Å². The summed E-state index contributed by atoms with van der Waals surface area (Å²) >= 11 is 1.50. The number of nitrogens with one attached hydrogen (secondary N) is 1. The van der Waals surface area contributed by atoms with Crippen LogP contribution >= 0.6 is 11.3 Å². The molecule has 0 aliphatic rings. The summed E-state index contributed by atoms with van der Waals surface area (Å²) in [5, 5.41) is 13.3. The maximum absolute atomic E-state index is 13.5. The molecule has 33 heavy (non-hydrogen) atoms. The minimum atomic E-state index is -3.91. The van der Waals surface area contributed by atoms with Gasteiger partial charge < -0.3 is 10.1 Å². The number of nitrogens with zero attached hydrogens (tertiary/aromatic N) is 4. The van der Waals surface area contributed by atoms with E-state index < -0.39 is 9.84 Å². The molecule has 0 aliphatic carbocycles. The fourth-order valence-corrected chi connectivity index (χ4v) is 6.04. The van der Waals surface area contributed by atoms with Crippen LogP contribution in [0.15, 0.2) is 63.8 Å². The Hall–Kier alpha value is -3.50. The Balaban J connectivity index is 1.60. The summed E-state index contributed by atoms with van der Waals surface area (Å²) in [6.45, 7) is 4.14. The van der Waals surface area contributed by atoms with Crippen molar-refractivity contribution in [2.24, 2.45) is 0 Å². The molecule has 0 unspecified atom stereocenters. The third-order valence-electron chi connectivity index (χ3n) is 5.43. The van der Waals surface area contributed by atoms with Crippen LogP contribution in [-0.4, -0.2) is 35.3 Å². The van der Waals surface area contributed by atoms with Crippen molar-refractivity contribution < 1.29 is 13.2 Å². The van der Waals surface area contributed by atoms with Crippen LogP contribution < -0.4 is 10.1 Å². The Morgan fingerprint density at radius 3 is 2.64 bits per heavy atom. The summed E-state index contributed by atoms with van der Waals surface area (Å²) in [6, 6.07) is 14.9. The van der Waals surface area contributed by atoms with Gasteiger partial charge in [0.1, 0.15) is 11.6 Å². The average molecular weight is 480 g/mol. The zero-order valence-corrected chi connectivity index (χ0v) is 19.9. The Labute approximate surface area is 194 Å². The van der Waals surface area contributed by atoms with Gasteiger partial charge >= 0.3 is 0 Å². The van der Waals surface area contributed by atoms with Crippen molar-refractivity contribution in [2.45, 2.75) is 30.3 Å². The largest absolute Gasteiger partial charge is 0.497 e. The molecule has 0 fully saturated rings. The first kappa shape index (κ1) is 21.4. The topological polar surface area (TPSA) is 98.5 Å². The fraction of sp³-hybridized carbons (Fsp3) is 0.174. The maximum atomic E-state index is 13.5. The van der Waals surface area contributed by atoms with Crippen LogP contribution in [0.5, 0.6) is 5.75 Å². The van der Waals surface area contributed by atoms with E-state index in [0.29, 0.717) is 17.9 Å². The molecule has 0 aliphatic heterocycles.